The summed E-state index contributed by atoms with van der Waals surface area (Å²) >= 11 is 0. The number of nitrogens with one attached hydrogen (secondary N) is 2. The number of aromatic amines is 2. The molecule has 2 heterocycles. The number of H-pyrrole nitrogens is 2. The number of carbonyl (C=O) groups is 5. The number of aliphatic carboxylic acids is 5. The van der Waals surface area contributed by atoms with E-state index in [-0.39, 0.29) is 138 Å². The molecule has 15 nitrogen and oxygen atoms in total. The van der Waals surface area contributed by atoms with Crippen LogP contribution in [0.2, 0.25) is 0 Å². The Hall–Kier alpha value is -1.93. The van der Waals surface area contributed by atoms with Gasteiger partial charge in [0, 0.05) is 80.0 Å². The summed E-state index contributed by atoms with van der Waals surface area (Å²) in [5, 5.41) is 60.8. The van der Waals surface area contributed by atoms with E-state index in [1.54, 1.807) is 60.9 Å². The molecule has 1 radical (unpaired) electrons. The second-order valence-electron chi connectivity index (χ2n) is 11.1. The first kappa shape index (κ1) is 46.1. The van der Waals surface area contributed by atoms with Crippen LogP contribution in [-0.2, 0) is 36.8 Å². The van der Waals surface area contributed by atoms with Crippen molar-refractivity contribution in [1.82, 2.24) is 24.7 Å². The van der Waals surface area contributed by atoms with Crippen LogP contribution in [-0.4, -0.2) is 112 Å². The average molecular weight is 850 g/mol. The summed E-state index contributed by atoms with van der Waals surface area (Å²) in [7, 11) is 0. The van der Waals surface area contributed by atoms with Crippen molar-refractivity contribution in [3.63, 3.8) is 0 Å². The predicted molar refractivity (Wildman–Crippen MR) is 156 cm³/mol. The average Bonchev–Trinajstić information content (AvgIpc) is 3.61. The van der Waals surface area contributed by atoms with Crippen molar-refractivity contribution in [1.29, 1.82) is 0 Å². The molecule has 0 aliphatic carbocycles. The Bertz CT molecular complexity index is 1630. The Kier molecular flexibility index (Phi) is 20.5. The molecular weight excluding hydrogens is 818 g/mol. The molecule has 0 aliphatic heterocycles. The third-order valence-electron chi connectivity index (χ3n) is 8.03. The topological polar surface area (TPSA) is 242 Å². The molecule has 2 aromatic heterocycles. The number of hydrogen-bond donors (Lipinski definition) is 2. The van der Waals surface area contributed by atoms with Crippen LogP contribution in [0.3, 0.4) is 0 Å². The third kappa shape index (κ3) is 13.2. The predicted octanol–water partition coefficient (Wildman–Crippen LogP) is -11.2. The fraction of sp³-hybridized carbons (Fsp3) is 0.344. The minimum atomic E-state index is -1.57. The Morgan fingerprint density at radius 2 is 0.920 bits per heavy atom. The number of carboxylic acids is 5. The van der Waals surface area contributed by atoms with E-state index >= 15 is 0 Å². The zero-order chi connectivity index (χ0) is 34.1. The summed E-state index contributed by atoms with van der Waals surface area (Å²) in [6, 6.07) is 11.4. The Morgan fingerprint density at radius 1 is 0.560 bits per heavy atom. The van der Waals surface area contributed by atoms with Crippen molar-refractivity contribution in [2.75, 3.05) is 45.8 Å². The maximum Gasteiger partial charge on any atom is 3.00 e. The van der Waals surface area contributed by atoms with Crippen LogP contribution in [0, 0.1) is 39.9 Å². The summed E-state index contributed by atoms with van der Waals surface area (Å²) in [5.41, 5.74) is 2.66. The van der Waals surface area contributed by atoms with Crippen LogP contribution in [0.25, 0.3) is 21.8 Å². The summed E-state index contributed by atoms with van der Waals surface area (Å²) in [5.74, 6) is -7.78. The molecule has 2 N–H and O–H groups in total. The van der Waals surface area contributed by atoms with Gasteiger partial charge in [0.25, 0.3) is 0 Å². The first-order chi connectivity index (χ1) is 22.4. The normalized spacial score (nSPS) is 12.2. The van der Waals surface area contributed by atoms with Crippen LogP contribution >= 0.6 is 0 Å². The number of para-hydroxylation sites is 2. The number of nitrogens with zero attached hydrogens (tertiary/aromatic N) is 3. The number of carbonyl (C=O) groups excluding carboxylic acids is 5. The van der Waals surface area contributed by atoms with Crippen LogP contribution in [0.15, 0.2) is 60.9 Å². The van der Waals surface area contributed by atoms with Gasteiger partial charge in [-0.2, -0.15) is 0 Å². The van der Waals surface area contributed by atoms with E-state index in [1.165, 1.54) is 4.90 Å². The second-order valence-corrected chi connectivity index (χ2v) is 11.1. The zero-order valence-corrected chi connectivity index (χ0v) is 33.8. The van der Waals surface area contributed by atoms with Gasteiger partial charge < -0.3 is 59.5 Å². The molecule has 2 atom stereocenters. The number of benzene rings is 2. The van der Waals surface area contributed by atoms with Gasteiger partial charge in [-0.05, 0) is 36.1 Å². The summed E-state index contributed by atoms with van der Waals surface area (Å²) in [6.45, 7) is -3.30. The number of carboxylic acid groups (broad SMARTS) is 5. The monoisotopic (exact) mass is 850 g/mol. The molecule has 255 valence electrons. The molecule has 0 saturated carbocycles. The number of rotatable bonds is 20. The van der Waals surface area contributed by atoms with Crippen molar-refractivity contribution in [3.8, 4) is 0 Å². The van der Waals surface area contributed by atoms with E-state index in [4.69, 9.17) is 0 Å². The fourth-order valence-corrected chi connectivity index (χ4v) is 5.75. The molecule has 50 heavy (non-hydrogen) atoms. The van der Waals surface area contributed by atoms with Crippen molar-refractivity contribution in [3.05, 3.63) is 72.1 Å². The van der Waals surface area contributed by atoms with E-state index in [1.807, 2.05) is 0 Å². The van der Waals surface area contributed by atoms with E-state index in [2.05, 4.69) is 9.97 Å². The molecule has 0 fully saturated rings. The van der Waals surface area contributed by atoms with Crippen LogP contribution < -0.4 is 84.6 Å². The molecule has 0 bridgehead atoms. The maximum atomic E-state index is 12.2. The van der Waals surface area contributed by atoms with E-state index in [0.29, 0.717) is 11.1 Å². The van der Waals surface area contributed by atoms with Gasteiger partial charge in [0.2, 0.25) is 0 Å². The molecule has 0 saturated heterocycles. The Labute approximate surface area is 363 Å². The van der Waals surface area contributed by atoms with Gasteiger partial charge in [0.15, 0.2) is 0 Å². The maximum absolute atomic E-state index is 12.2. The molecule has 0 aliphatic rings. The summed E-state index contributed by atoms with van der Waals surface area (Å²) in [4.78, 5) is 68.8. The first-order valence-corrected chi connectivity index (χ1v) is 14.7. The van der Waals surface area contributed by atoms with Gasteiger partial charge in [-0.15, -0.1) is 0 Å². The van der Waals surface area contributed by atoms with Gasteiger partial charge in [-0.25, -0.2) is 0 Å². The van der Waals surface area contributed by atoms with Crippen LogP contribution in [0.5, 0.6) is 0 Å². The van der Waals surface area contributed by atoms with E-state index < -0.39 is 61.6 Å². The zero-order valence-electron chi connectivity index (χ0n) is 27.6. The SMILES string of the molecule is O=C([O-])CN(CCN(CC(=O)[O-])[C@@H](Cc1c[nH]c2ccccc12)C(=O)[O-])CCN(CC(=O)[O-])[C@@H](Cc1c[nH]c2ccccc12)C(=O)[O-].[Gd+3].[Na+].[Na+]. The van der Waals surface area contributed by atoms with E-state index in [9.17, 15) is 49.5 Å². The third-order valence-corrected chi connectivity index (χ3v) is 8.03. The molecule has 4 aromatic rings. The largest absolute Gasteiger partial charge is 3.00 e. The fourth-order valence-electron chi connectivity index (χ4n) is 5.75. The Morgan fingerprint density at radius 3 is 1.26 bits per heavy atom. The first-order valence-electron chi connectivity index (χ1n) is 14.7. The van der Waals surface area contributed by atoms with Gasteiger partial charge in [-0.1, -0.05) is 36.4 Å². The van der Waals surface area contributed by atoms with Gasteiger partial charge in [0.1, 0.15) is 0 Å². The quantitative estimate of drug-likeness (QED) is 0.0787. The second kappa shape index (κ2) is 22.2. The smallest absolute Gasteiger partial charge is 0.549 e. The van der Waals surface area contributed by atoms with Gasteiger partial charge in [0.05, 0.1) is 41.9 Å². The number of hydrogen-bond acceptors (Lipinski definition) is 13. The minimum Gasteiger partial charge on any atom is -0.549 e. The van der Waals surface area contributed by atoms with Crippen molar-refractivity contribution in [2.45, 2.75) is 24.9 Å². The van der Waals surface area contributed by atoms with Gasteiger partial charge in [-0.3, -0.25) is 14.7 Å². The molecule has 18 heteroatoms. The Balaban J connectivity index is 0.00000417. The van der Waals surface area contributed by atoms with Gasteiger partial charge >= 0.3 is 99.1 Å². The van der Waals surface area contributed by atoms with Crippen LogP contribution in [0.1, 0.15) is 11.1 Å². The summed E-state index contributed by atoms with van der Waals surface area (Å²) in [6.07, 6.45) is 2.94. The van der Waals surface area contributed by atoms with Crippen molar-refractivity contribution >= 4 is 51.7 Å². The minimum absolute atomic E-state index is 0. The standard InChI is InChI=1S/C32H37N5O10.Gd.2Na/c38-28(39)17-35(9-11-36(18-29(40)41)26(31(44)45)13-20-15-33-24-7-3-1-5-22(20)24)10-12-37(19-30(42)43)27(32(46)47)14-21-16-34-25-8-4-2-6-23(21)25;;;/h1-8,15-16,26-27,33-34H,9-14,17-19H2,(H,38,39)(H,40,41)(H,42,43)(H,44,45)(H,46,47);;;/q;+3;2*+1/p-5/t26-,27-;;;/m0.../s1. The summed E-state index contributed by atoms with van der Waals surface area (Å²) < 4.78 is 0. The number of fused-ring (bicyclic) bond motifs is 2. The molecular formula is C32H32GdN5Na2O10. The number of aromatic nitrogens is 2. The molecule has 2 aromatic carbocycles. The van der Waals surface area contributed by atoms with Crippen molar-refractivity contribution in [2.24, 2.45) is 0 Å². The molecule has 0 spiro atoms. The van der Waals surface area contributed by atoms with Crippen LogP contribution in [0.4, 0.5) is 0 Å². The molecule has 0 amide bonds. The van der Waals surface area contributed by atoms with E-state index in [0.717, 1.165) is 31.6 Å². The molecule has 0 unspecified atom stereocenters. The van der Waals surface area contributed by atoms with Crippen molar-refractivity contribution < 1.29 is 149 Å². The molecule has 4 rings (SSSR count).